The molecule has 0 spiro atoms. The second-order valence-electron chi connectivity index (χ2n) is 5.09. The summed E-state index contributed by atoms with van der Waals surface area (Å²) < 4.78 is 5.12. The minimum Gasteiger partial charge on any atom is -0.508 e. The number of phenols is 1. The number of methoxy groups -OCH3 is 1. The van der Waals surface area contributed by atoms with Crippen molar-refractivity contribution in [3.05, 3.63) is 59.7 Å². The van der Waals surface area contributed by atoms with E-state index in [1.54, 1.807) is 25.5 Å². The molecular weight excluding hydrogens is 292 g/mol. The highest BCUT2D eigenvalue weighted by Gasteiger charge is 2.00. The van der Waals surface area contributed by atoms with Crippen LogP contribution in [-0.4, -0.2) is 24.3 Å². The molecule has 0 saturated heterocycles. The average Bonchev–Trinajstić information content (AvgIpc) is 2.57. The van der Waals surface area contributed by atoms with E-state index in [0.29, 0.717) is 6.42 Å². The maximum atomic E-state index is 11.7. The Morgan fingerprint density at radius 3 is 2.78 bits per heavy atom. The Balaban J connectivity index is 1.72. The summed E-state index contributed by atoms with van der Waals surface area (Å²) in [4.78, 5) is 11.7. The number of carbonyl (C=O) groups is 1. The van der Waals surface area contributed by atoms with E-state index >= 15 is 0 Å². The zero-order valence-corrected chi connectivity index (χ0v) is 13.0. The molecule has 0 aliphatic heterocycles. The number of nitrogens with one attached hydrogen (secondary N) is 1. The number of hydrogen-bond acceptors (Lipinski definition) is 4. The Kier molecular flexibility index (Phi) is 6.17. The van der Waals surface area contributed by atoms with Gasteiger partial charge in [-0.1, -0.05) is 24.3 Å². The molecule has 0 aromatic heterocycles. The molecule has 23 heavy (non-hydrogen) atoms. The molecule has 0 bridgehead atoms. The van der Waals surface area contributed by atoms with Crippen LogP contribution in [-0.2, 0) is 11.2 Å². The van der Waals surface area contributed by atoms with E-state index in [2.05, 4.69) is 10.5 Å². The highest BCUT2D eigenvalue weighted by Crippen LogP contribution is 2.12. The summed E-state index contributed by atoms with van der Waals surface area (Å²) in [5.41, 5.74) is 4.46. The number of aryl methyl sites for hydroxylation is 1. The Labute approximate surface area is 135 Å². The van der Waals surface area contributed by atoms with Crippen LogP contribution < -0.4 is 10.2 Å². The van der Waals surface area contributed by atoms with Gasteiger partial charge in [-0.2, -0.15) is 5.10 Å². The van der Waals surface area contributed by atoms with Gasteiger partial charge in [-0.15, -0.1) is 0 Å². The summed E-state index contributed by atoms with van der Waals surface area (Å²) in [6.45, 7) is 0. The first-order chi connectivity index (χ1) is 11.2. The third-order valence-electron chi connectivity index (χ3n) is 3.30. The molecule has 0 fully saturated rings. The molecule has 1 amide bonds. The molecule has 2 rings (SSSR count). The van der Waals surface area contributed by atoms with Crippen molar-refractivity contribution in [2.45, 2.75) is 19.3 Å². The fourth-order valence-electron chi connectivity index (χ4n) is 2.07. The molecular formula is C18H20N2O3. The zero-order chi connectivity index (χ0) is 16.5. The van der Waals surface area contributed by atoms with Gasteiger partial charge in [0.25, 0.3) is 0 Å². The van der Waals surface area contributed by atoms with Crippen molar-refractivity contribution >= 4 is 12.1 Å². The normalized spacial score (nSPS) is 10.7. The molecule has 0 aliphatic carbocycles. The van der Waals surface area contributed by atoms with Crippen LogP contribution in [0, 0.1) is 0 Å². The molecule has 120 valence electrons. The molecule has 0 saturated carbocycles. The van der Waals surface area contributed by atoms with Crippen LogP contribution >= 0.6 is 0 Å². The van der Waals surface area contributed by atoms with Crippen molar-refractivity contribution in [3.8, 4) is 11.5 Å². The minimum atomic E-state index is -0.122. The van der Waals surface area contributed by atoms with Gasteiger partial charge in [-0.05, 0) is 48.2 Å². The van der Waals surface area contributed by atoms with Gasteiger partial charge < -0.3 is 9.84 Å². The highest BCUT2D eigenvalue weighted by molar-refractivity contribution is 5.82. The SMILES string of the molecule is COc1cccc(/C=N\NC(=O)CCCc2ccc(O)cc2)c1. The van der Waals surface area contributed by atoms with Gasteiger partial charge in [-0.25, -0.2) is 5.43 Å². The fraction of sp³-hybridized carbons (Fsp3) is 0.222. The van der Waals surface area contributed by atoms with Crippen LogP contribution in [0.2, 0.25) is 0 Å². The van der Waals surface area contributed by atoms with Crippen molar-refractivity contribution < 1.29 is 14.6 Å². The van der Waals surface area contributed by atoms with Crippen LogP contribution in [0.15, 0.2) is 53.6 Å². The number of amides is 1. The number of benzene rings is 2. The third-order valence-corrected chi connectivity index (χ3v) is 3.30. The van der Waals surface area contributed by atoms with E-state index in [4.69, 9.17) is 4.74 Å². The van der Waals surface area contributed by atoms with E-state index in [1.807, 2.05) is 36.4 Å². The number of ether oxygens (including phenoxy) is 1. The maximum Gasteiger partial charge on any atom is 0.240 e. The predicted molar refractivity (Wildman–Crippen MR) is 89.8 cm³/mol. The maximum absolute atomic E-state index is 11.7. The molecule has 0 unspecified atom stereocenters. The van der Waals surface area contributed by atoms with Crippen molar-refractivity contribution in [1.82, 2.24) is 5.43 Å². The van der Waals surface area contributed by atoms with Gasteiger partial charge >= 0.3 is 0 Å². The molecule has 5 heteroatoms. The molecule has 2 aromatic carbocycles. The topological polar surface area (TPSA) is 70.9 Å². The quantitative estimate of drug-likeness (QED) is 0.610. The van der Waals surface area contributed by atoms with Crippen molar-refractivity contribution in [2.24, 2.45) is 5.10 Å². The number of carbonyl (C=O) groups excluding carboxylic acids is 1. The monoisotopic (exact) mass is 312 g/mol. The van der Waals surface area contributed by atoms with Gasteiger partial charge in [0, 0.05) is 6.42 Å². The number of phenolic OH excluding ortho intramolecular Hbond substituents is 1. The standard InChI is InChI=1S/C18H20N2O3/c1-23-17-6-2-5-15(12-17)13-19-20-18(22)7-3-4-14-8-10-16(21)11-9-14/h2,5-6,8-13,21H,3-4,7H2,1H3,(H,20,22)/b19-13-. The lowest BCUT2D eigenvalue weighted by atomic mass is 10.1. The number of aromatic hydroxyl groups is 1. The first-order valence-corrected chi connectivity index (χ1v) is 7.41. The average molecular weight is 312 g/mol. The van der Waals surface area contributed by atoms with Crippen LogP contribution in [0.5, 0.6) is 11.5 Å². The lowest BCUT2D eigenvalue weighted by Crippen LogP contribution is -2.17. The molecule has 5 nitrogen and oxygen atoms in total. The Bertz CT molecular complexity index is 666. The smallest absolute Gasteiger partial charge is 0.240 e. The summed E-state index contributed by atoms with van der Waals surface area (Å²) in [5.74, 6) is 0.871. The third kappa shape index (κ3) is 5.82. The van der Waals surface area contributed by atoms with E-state index in [-0.39, 0.29) is 11.7 Å². The highest BCUT2D eigenvalue weighted by atomic mass is 16.5. The number of hydrazone groups is 1. The van der Waals surface area contributed by atoms with Crippen LogP contribution in [0.3, 0.4) is 0 Å². The zero-order valence-electron chi connectivity index (χ0n) is 13.0. The first-order valence-electron chi connectivity index (χ1n) is 7.41. The van der Waals surface area contributed by atoms with Gasteiger partial charge in [-0.3, -0.25) is 4.79 Å². The van der Waals surface area contributed by atoms with Gasteiger partial charge in [0.2, 0.25) is 5.91 Å². The molecule has 2 aromatic rings. The Morgan fingerprint density at radius 1 is 1.26 bits per heavy atom. The van der Waals surface area contributed by atoms with Crippen molar-refractivity contribution in [1.29, 1.82) is 0 Å². The summed E-state index contributed by atoms with van der Waals surface area (Å²) in [6, 6.07) is 14.4. The van der Waals surface area contributed by atoms with E-state index < -0.39 is 0 Å². The largest absolute Gasteiger partial charge is 0.508 e. The summed E-state index contributed by atoms with van der Waals surface area (Å²) in [5, 5.41) is 13.1. The van der Waals surface area contributed by atoms with E-state index in [1.165, 1.54) is 0 Å². The van der Waals surface area contributed by atoms with E-state index in [9.17, 15) is 9.90 Å². The Hall–Kier alpha value is -2.82. The number of rotatable bonds is 7. The van der Waals surface area contributed by atoms with Gasteiger partial charge in [0.05, 0.1) is 13.3 Å². The fourth-order valence-corrected chi connectivity index (χ4v) is 2.07. The van der Waals surface area contributed by atoms with E-state index in [0.717, 1.165) is 29.7 Å². The number of hydrogen-bond donors (Lipinski definition) is 2. The van der Waals surface area contributed by atoms with Crippen LogP contribution in [0.25, 0.3) is 0 Å². The van der Waals surface area contributed by atoms with Crippen molar-refractivity contribution in [3.63, 3.8) is 0 Å². The van der Waals surface area contributed by atoms with Crippen LogP contribution in [0.1, 0.15) is 24.0 Å². The minimum absolute atomic E-state index is 0.122. The molecule has 0 atom stereocenters. The second kappa shape index (κ2) is 8.58. The predicted octanol–water partition coefficient (Wildman–Crippen LogP) is 2.87. The summed E-state index contributed by atoms with van der Waals surface area (Å²) >= 11 is 0. The first kappa shape index (κ1) is 16.5. The van der Waals surface area contributed by atoms with Gasteiger partial charge in [0.1, 0.15) is 11.5 Å². The lowest BCUT2D eigenvalue weighted by molar-refractivity contribution is -0.121. The number of nitrogens with zero attached hydrogens (tertiary/aromatic N) is 1. The summed E-state index contributed by atoms with van der Waals surface area (Å²) in [7, 11) is 1.60. The molecule has 0 heterocycles. The molecule has 0 radical (unpaired) electrons. The van der Waals surface area contributed by atoms with Crippen molar-refractivity contribution in [2.75, 3.05) is 7.11 Å². The van der Waals surface area contributed by atoms with Gasteiger partial charge in [0.15, 0.2) is 0 Å². The van der Waals surface area contributed by atoms with Crippen LogP contribution in [0.4, 0.5) is 0 Å². The Morgan fingerprint density at radius 2 is 2.04 bits per heavy atom. The molecule has 0 aliphatic rings. The molecule has 2 N–H and O–H groups in total. The second-order valence-corrected chi connectivity index (χ2v) is 5.09. The lowest BCUT2D eigenvalue weighted by Gasteiger charge is -2.02. The summed E-state index contributed by atoms with van der Waals surface area (Å²) in [6.07, 6.45) is 3.50.